The fourth-order valence-corrected chi connectivity index (χ4v) is 4.75. The number of pyridine rings is 1. The van der Waals surface area contributed by atoms with E-state index in [1.54, 1.807) is 11.3 Å². The number of esters is 1. The molecule has 1 fully saturated rings. The Hall–Kier alpha value is -2.19. The van der Waals surface area contributed by atoms with E-state index in [9.17, 15) is 4.79 Å². The molecule has 0 aliphatic carbocycles. The summed E-state index contributed by atoms with van der Waals surface area (Å²) in [4.78, 5) is 22.2. The highest BCUT2D eigenvalue weighted by Gasteiger charge is 2.25. The van der Waals surface area contributed by atoms with Crippen LogP contribution in [0.2, 0.25) is 0 Å². The number of nitrogens with one attached hydrogen (secondary N) is 1. The van der Waals surface area contributed by atoms with Gasteiger partial charge in [0.05, 0.1) is 12.7 Å². The van der Waals surface area contributed by atoms with Crippen molar-refractivity contribution >= 4 is 45.5 Å². The van der Waals surface area contributed by atoms with Gasteiger partial charge in [0.15, 0.2) is 5.11 Å². The molecule has 144 valence electrons. The number of anilines is 2. The second kappa shape index (κ2) is 8.67. The number of methoxy groups -OCH3 is 1. The molecule has 0 radical (unpaired) electrons. The first-order valence-electron chi connectivity index (χ1n) is 8.97. The third-order valence-corrected chi connectivity index (χ3v) is 6.14. The number of piperazine rings is 1. The van der Waals surface area contributed by atoms with Gasteiger partial charge in [-0.25, -0.2) is 9.78 Å². The predicted molar refractivity (Wildman–Crippen MR) is 114 cm³/mol. The zero-order chi connectivity index (χ0) is 19.4. The highest BCUT2D eigenvalue weighted by molar-refractivity contribution is 7.80. The minimum absolute atomic E-state index is 0.318. The van der Waals surface area contributed by atoms with E-state index in [1.165, 1.54) is 7.11 Å². The van der Waals surface area contributed by atoms with E-state index >= 15 is 0 Å². The Morgan fingerprint density at radius 2 is 2.07 bits per heavy atom. The van der Waals surface area contributed by atoms with Crippen molar-refractivity contribution < 1.29 is 9.53 Å². The summed E-state index contributed by atoms with van der Waals surface area (Å²) in [6.07, 6.45) is 2.59. The Morgan fingerprint density at radius 1 is 1.33 bits per heavy atom. The molecule has 1 aliphatic heterocycles. The molecule has 0 atom stereocenters. The van der Waals surface area contributed by atoms with Crippen LogP contribution in [0.3, 0.4) is 0 Å². The molecular weight excluding hydrogens is 380 g/mol. The largest absolute Gasteiger partial charge is 0.465 e. The van der Waals surface area contributed by atoms with Crippen molar-refractivity contribution in [2.45, 2.75) is 20.3 Å². The topological polar surface area (TPSA) is 57.7 Å². The number of hydrogen-bond acceptors (Lipinski definition) is 6. The minimum atomic E-state index is -0.318. The standard InChI is InChI=1S/C19H24N4O2S2/c1-4-14-13(2)27-17(16(14)18(24)25-3)21-19(26)23-11-9-22(10-12-23)15-7-5-6-8-20-15/h5-8H,4,9-12H2,1-3H3,(H,21,26). The molecule has 3 heterocycles. The van der Waals surface area contributed by atoms with Gasteiger partial charge in [-0.3, -0.25) is 0 Å². The summed E-state index contributed by atoms with van der Waals surface area (Å²) in [6, 6.07) is 5.94. The van der Waals surface area contributed by atoms with Crippen molar-refractivity contribution in [3.05, 3.63) is 40.4 Å². The van der Waals surface area contributed by atoms with Gasteiger partial charge >= 0.3 is 5.97 Å². The van der Waals surface area contributed by atoms with Crippen molar-refractivity contribution in [1.29, 1.82) is 0 Å². The maximum absolute atomic E-state index is 12.3. The first-order valence-corrected chi connectivity index (χ1v) is 10.2. The van der Waals surface area contributed by atoms with E-state index in [4.69, 9.17) is 17.0 Å². The van der Waals surface area contributed by atoms with Crippen LogP contribution < -0.4 is 10.2 Å². The van der Waals surface area contributed by atoms with Gasteiger partial charge in [-0.05, 0) is 43.3 Å². The molecule has 0 unspecified atom stereocenters. The molecule has 8 heteroatoms. The van der Waals surface area contributed by atoms with Crippen molar-refractivity contribution in [2.24, 2.45) is 0 Å². The number of aromatic nitrogens is 1. The third-order valence-electron chi connectivity index (χ3n) is 4.71. The number of carbonyl (C=O) groups excluding carboxylic acids is 1. The molecule has 0 bridgehead atoms. The van der Waals surface area contributed by atoms with Crippen LogP contribution in [0.15, 0.2) is 24.4 Å². The molecule has 1 saturated heterocycles. The molecule has 0 saturated carbocycles. The Morgan fingerprint density at radius 3 is 2.67 bits per heavy atom. The van der Waals surface area contributed by atoms with Gasteiger partial charge in [-0.15, -0.1) is 11.3 Å². The van der Waals surface area contributed by atoms with Crippen molar-refractivity contribution in [3.8, 4) is 0 Å². The molecule has 1 N–H and O–H groups in total. The van der Waals surface area contributed by atoms with Crippen molar-refractivity contribution in [3.63, 3.8) is 0 Å². The number of thiocarbonyl (C=S) groups is 1. The number of nitrogens with zero attached hydrogens (tertiary/aromatic N) is 3. The second-order valence-electron chi connectivity index (χ2n) is 6.28. The predicted octanol–water partition coefficient (Wildman–Crippen LogP) is 3.32. The number of carbonyl (C=O) groups is 1. The maximum atomic E-state index is 12.3. The highest BCUT2D eigenvalue weighted by Crippen LogP contribution is 2.34. The van der Waals surface area contributed by atoms with E-state index in [0.29, 0.717) is 10.7 Å². The lowest BCUT2D eigenvalue weighted by molar-refractivity contribution is 0.0601. The van der Waals surface area contributed by atoms with Crippen LogP contribution in [0.25, 0.3) is 0 Å². The van der Waals surface area contributed by atoms with Gasteiger partial charge in [0, 0.05) is 37.3 Å². The molecule has 6 nitrogen and oxygen atoms in total. The van der Waals surface area contributed by atoms with Crippen LogP contribution in [-0.2, 0) is 11.2 Å². The molecule has 1 aliphatic rings. The zero-order valence-electron chi connectivity index (χ0n) is 15.8. The molecule has 0 amide bonds. The lowest BCUT2D eigenvalue weighted by Gasteiger charge is -2.36. The van der Waals surface area contributed by atoms with Crippen LogP contribution in [0, 0.1) is 6.92 Å². The van der Waals surface area contributed by atoms with E-state index in [0.717, 1.165) is 53.9 Å². The van der Waals surface area contributed by atoms with E-state index in [2.05, 4.69) is 20.1 Å². The van der Waals surface area contributed by atoms with Gasteiger partial charge in [0.2, 0.25) is 0 Å². The molecule has 0 aromatic carbocycles. The van der Waals surface area contributed by atoms with Gasteiger partial charge < -0.3 is 19.9 Å². The van der Waals surface area contributed by atoms with Gasteiger partial charge in [0.1, 0.15) is 10.8 Å². The third kappa shape index (κ3) is 4.22. The highest BCUT2D eigenvalue weighted by atomic mass is 32.1. The Labute approximate surface area is 169 Å². The lowest BCUT2D eigenvalue weighted by Crippen LogP contribution is -2.50. The summed E-state index contributed by atoms with van der Waals surface area (Å²) in [7, 11) is 1.41. The Balaban J connectivity index is 1.67. The average Bonchev–Trinajstić information content (AvgIpc) is 3.02. The van der Waals surface area contributed by atoms with E-state index in [-0.39, 0.29) is 5.97 Å². The Bertz CT molecular complexity index is 815. The normalized spacial score (nSPS) is 14.2. The SMILES string of the molecule is CCc1c(C)sc(NC(=S)N2CCN(c3ccccn3)CC2)c1C(=O)OC. The van der Waals surface area contributed by atoms with Crippen molar-refractivity contribution in [2.75, 3.05) is 43.5 Å². The molecule has 0 spiro atoms. The van der Waals surface area contributed by atoms with Gasteiger partial charge in [0.25, 0.3) is 0 Å². The average molecular weight is 405 g/mol. The molecule has 2 aromatic heterocycles. The molecule has 27 heavy (non-hydrogen) atoms. The monoisotopic (exact) mass is 404 g/mol. The number of thiophene rings is 1. The van der Waals surface area contributed by atoms with Crippen LogP contribution >= 0.6 is 23.6 Å². The summed E-state index contributed by atoms with van der Waals surface area (Å²) in [5, 5.41) is 4.70. The zero-order valence-corrected chi connectivity index (χ0v) is 17.5. The summed E-state index contributed by atoms with van der Waals surface area (Å²) in [5.41, 5.74) is 1.63. The minimum Gasteiger partial charge on any atom is -0.465 e. The van der Waals surface area contributed by atoms with Gasteiger partial charge in [-0.1, -0.05) is 13.0 Å². The first kappa shape index (κ1) is 19.6. The molecule has 2 aromatic rings. The fourth-order valence-electron chi connectivity index (χ4n) is 3.27. The quantitative estimate of drug-likeness (QED) is 0.620. The van der Waals surface area contributed by atoms with Crippen molar-refractivity contribution in [1.82, 2.24) is 9.88 Å². The Kier molecular flexibility index (Phi) is 6.28. The number of ether oxygens (including phenoxy) is 1. The molecular formula is C19H24N4O2S2. The molecule has 3 rings (SSSR count). The first-order chi connectivity index (χ1) is 13.0. The number of hydrogen-bond donors (Lipinski definition) is 1. The van der Waals surface area contributed by atoms with Crippen LogP contribution in [0.4, 0.5) is 10.8 Å². The summed E-state index contributed by atoms with van der Waals surface area (Å²) in [6.45, 7) is 7.39. The van der Waals surface area contributed by atoms with Crippen LogP contribution in [0.5, 0.6) is 0 Å². The van der Waals surface area contributed by atoms with Gasteiger partial charge in [-0.2, -0.15) is 0 Å². The number of rotatable bonds is 4. The number of aryl methyl sites for hydroxylation is 1. The smallest absolute Gasteiger partial charge is 0.341 e. The maximum Gasteiger partial charge on any atom is 0.341 e. The summed E-state index contributed by atoms with van der Waals surface area (Å²) < 4.78 is 4.98. The van der Waals surface area contributed by atoms with E-state index in [1.807, 2.05) is 38.2 Å². The van der Waals surface area contributed by atoms with Crippen LogP contribution in [0.1, 0.15) is 27.7 Å². The van der Waals surface area contributed by atoms with E-state index < -0.39 is 0 Å². The summed E-state index contributed by atoms with van der Waals surface area (Å²) in [5.74, 6) is 0.673. The second-order valence-corrected chi connectivity index (χ2v) is 7.89. The fraction of sp³-hybridized carbons (Fsp3) is 0.421. The lowest BCUT2D eigenvalue weighted by atomic mass is 10.1. The van der Waals surface area contributed by atoms with Crippen LogP contribution in [-0.4, -0.2) is 54.3 Å². The summed E-state index contributed by atoms with van der Waals surface area (Å²) >= 11 is 7.17.